The molecule has 1 aromatic heterocycles. The van der Waals surface area contributed by atoms with Gasteiger partial charge in [0.2, 0.25) is 5.28 Å². The van der Waals surface area contributed by atoms with Crippen molar-refractivity contribution in [2.45, 2.75) is 24.2 Å². The number of nitrogens with one attached hydrogen (secondary N) is 1. The Balaban J connectivity index is 1.85. The van der Waals surface area contributed by atoms with Gasteiger partial charge in [-0.2, -0.15) is 4.98 Å². The Morgan fingerprint density at radius 2 is 2.29 bits per heavy atom. The number of thioether (sulfide) groups is 1. The van der Waals surface area contributed by atoms with Gasteiger partial charge in [0, 0.05) is 5.69 Å². The highest BCUT2D eigenvalue weighted by Crippen LogP contribution is 2.36. The summed E-state index contributed by atoms with van der Waals surface area (Å²) in [5, 5.41) is 3.26. The predicted molar refractivity (Wildman–Crippen MR) is 91.5 cm³/mol. The topological polar surface area (TPSA) is 64.1 Å². The van der Waals surface area contributed by atoms with E-state index in [1.165, 1.54) is 13.2 Å². The number of benzene rings is 1. The van der Waals surface area contributed by atoms with Gasteiger partial charge < -0.3 is 10.1 Å². The minimum Gasteiger partial charge on any atom is -0.469 e. The fraction of sp³-hybridized carbons (Fsp3) is 0.312. The predicted octanol–water partition coefficient (Wildman–Crippen LogP) is 3.77. The van der Waals surface area contributed by atoms with Crippen molar-refractivity contribution in [3.8, 4) is 0 Å². The lowest BCUT2D eigenvalue weighted by Crippen LogP contribution is -2.08. The third-order valence-electron chi connectivity index (χ3n) is 3.59. The summed E-state index contributed by atoms with van der Waals surface area (Å²) in [5.41, 5.74) is 1.73. The lowest BCUT2D eigenvalue weighted by molar-refractivity contribution is -0.139. The lowest BCUT2D eigenvalue weighted by Gasteiger charge is -2.18. The second-order valence-electron chi connectivity index (χ2n) is 5.25. The molecule has 2 heterocycles. The van der Waals surface area contributed by atoms with E-state index in [0.29, 0.717) is 11.5 Å². The quantitative estimate of drug-likeness (QED) is 0.655. The van der Waals surface area contributed by atoms with Crippen LogP contribution in [0.5, 0.6) is 0 Å². The molecule has 0 saturated carbocycles. The fourth-order valence-corrected chi connectivity index (χ4v) is 3.65. The molecule has 0 fully saturated rings. The number of fused-ring (bicyclic) bond motifs is 1. The van der Waals surface area contributed by atoms with Gasteiger partial charge in [-0.3, -0.25) is 4.79 Å². The third-order valence-corrected chi connectivity index (χ3v) is 4.97. The van der Waals surface area contributed by atoms with E-state index in [-0.39, 0.29) is 17.3 Å². The maximum atomic E-state index is 14.2. The van der Waals surface area contributed by atoms with E-state index in [1.54, 1.807) is 23.9 Å². The molecule has 0 bridgehead atoms. The summed E-state index contributed by atoms with van der Waals surface area (Å²) < 4.78 is 18.7. The average molecular weight is 368 g/mol. The Kier molecular flexibility index (Phi) is 5.20. The van der Waals surface area contributed by atoms with Crippen LogP contribution in [0.3, 0.4) is 0 Å². The highest BCUT2D eigenvalue weighted by atomic mass is 35.5. The van der Waals surface area contributed by atoms with E-state index in [1.807, 2.05) is 0 Å². The molecule has 1 aliphatic heterocycles. The zero-order valence-corrected chi connectivity index (χ0v) is 14.5. The van der Waals surface area contributed by atoms with Crippen molar-refractivity contribution in [1.29, 1.82) is 0 Å². The summed E-state index contributed by atoms with van der Waals surface area (Å²) >= 11 is 7.64. The van der Waals surface area contributed by atoms with Crippen LogP contribution < -0.4 is 5.32 Å². The third kappa shape index (κ3) is 3.79. The summed E-state index contributed by atoms with van der Waals surface area (Å²) in [6.45, 7) is 0. The summed E-state index contributed by atoms with van der Waals surface area (Å²) in [6, 6.07) is 4.57. The Bertz CT molecular complexity index is 788. The smallest absolute Gasteiger partial charge is 0.310 e. The molecule has 3 rings (SSSR count). The average Bonchev–Trinajstić information content (AvgIpc) is 2.57. The Morgan fingerprint density at radius 1 is 1.46 bits per heavy atom. The summed E-state index contributed by atoms with van der Waals surface area (Å²) in [5.74, 6) is 0.601. The van der Waals surface area contributed by atoms with Gasteiger partial charge in [-0.25, -0.2) is 9.37 Å². The number of hydrogen-bond acceptors (Lipinski definition) is 6. The molecule has 0 saturated heterocycles. The molecule has 8 heteroatoms. The van der Waals surface area contributed by atoms with Crippen molar-refractivity contribution in [3.63, 3.8) is 0 Å². The molecule has 0 atom stereocenters. The summed E-state index contributed by atoms with van der Waals surface area (Å²) in [7, 11) is 1.27. The first-order valence-corrected chi connectivity index (χ1v) is 8.74. The number of halogens is 2. The van der Waals surface area contributed by atoms with Gasteiger partial charge in [-0.15, -0.1) is 11.8 Å². The fourth-order valence-electron chi connectivity index (χ4n) is 2.42. The maximum absolute atomic E-state index is 14.2. The van der Waals surface area contributed by atoms with Crippen molar-refractivity contribution < 1.29 is 13.9 Å². The number of anilines is 2. The first-order chi connectivity index (χ1) is 11.6. The van der Waals surface area contributed by atoms with Crippen LogP contribution in [-0.4, -0.2) is 28.8 Å². The number of nitrogens with zero attached hydrogens (tertiary/aromatic N) is 2. The van der Waals surface area contributed by atoms with Gasteiger partial charge in [0.25, 0.3) is 0 Å². The molecule has 0 aliphatic carbocycles. The van der Waals surface area contributed by atoms with Gasteiger partial charge in [-0.05, 0) is 47.9 Å². The highest BCUT2D eigenvalue weighted by Gasteiger charge is 2.18. The zero-order valence-electron chi connectivity index (χ0n) is 12.9. The van der Waals surface area contributed by atoms with E-state index < -0.39 is 11.8 Å². The van der Waals surface area contributed by atoms with Crippen LogP contribution in [0.4, 0.5) is 15.9 Å². The second kappa shape index (κ2) is 7.36. The molecule has 1 aliphatic rings. The molecule has 0 spiro atoms. The Hall–Kier alpha value is -1.86. The Labute approximate surface area is 148 Å². The molecule has 126 valence electrons. The van der Waals surface area contributed by atoms with E-state index in [0.717, 1.165) is 29.2 Å². The number of esters is 1. The normalized spacial score (nSPS) is 13.3. The van der Waals surface area contributed by atoms with Gasteiger partial charge in [-0.1, -0.05) is 6.07 Å². The van der Waals surface area contributed by atoms with Gasteiger partial charge >= 0.3 is 5.97 Å². The van der Waals surface area contributed by atoms with Crippen molar-refractivity contribution in [1.82, 2.24) is 9.97 Å². The molecule has 1 N–H and O–H groups in total. The molecular formula is C16H15ClFN3O2S. The summed E-state index contributed by atoms with van der Waals surface area (Å²) in [6.07, 6.45) is 1.79. The van der Waals surface area contributed by atoms with Crippen LogP contribution in [0.25, 0.3) is 0 Å². The first-order valence-electron chi connectivity index (χ1n) is 7.38. The van der Waals surface area contributed by atoms with Crippen molar-refractivity contribution >= 4 is 40.8 Å². The van der Waals surface area contributed by atoms with Crippen molar-refractivity contribution in [2.75, 3.05) is 18.2 Å². The molecule has 2 aromatic rings. The molecular weight excluding hydrogens is 353 g/mol. The van der Waals surface area contributed by atoms with Crippen LogP contribution in [0.1, 0.15) is 17.7 Å². The monoisotopic (exact) mass is 367 g/mol. The van der Waals surface area contributed by atoms with Crippen molar-refractivity contribution in [2.24, 2.45) is 0 Å². The van der Waals surface area contributed by atoms with E-state index in [2.05, 4.69) is 20.0 Å². The number of hydrogen-bond donors (Lipinski definition) is 1. The largest absolute Gasteiger partial charge is 0.469 e. The van der Waals surface area contributed by atoms with Crippen LogP contribution in [0, 0.1) is 5.82 Å². The van der Waals surface area contributed by atoms with Gasteiger partial charge in [0.1, 0.15) is 11.6 Å². The summed E-state index contributed by atoms with van der Waals surface area (Å²) in [4.78, 5) is 20.7. The second-order valence-corrected chi connectivity index (χ2v) is 6.70. The maximum Gasteiger partial charge on any atom is 0.310 e. The number of methoxy groups -OCH3 is 1. The van der Waals surface area contributed by atoms with Gasteiger partial charge in [0.05, 0.1) is 24.1 Å². The molecule has 0 radical (unpaired) electrons. The molecule has 0 unspecified atom stereocenters. The molecule has 5 nitrogen and oxygen atoms in total. The van der Waals surface area contributed by atoms with E-state index >= 15 is 0 Å². The Morgan fingerprint density at radius 3 is 3.04 bits per heavy atom. The standard InChI is InChI=1S/C16H15ClFN3O2S/c1-23-13(22)7-9-4-5-10(8-11(9)18)19-15-14-12(3-2-6-24-14)20-16(17)21-15/h4-5,8H,2-3,6-7H2,1H3,(H,19,20,21). The first kappa shape index (κ1) is 17.0. The number of rotatable bonds is 4. The number of ether oxygens (including phenoxy) is 1. The van der Waals surface area contributed by atoms with Crippen LogP contribution in [0.15, 0.2) is 23.1 Å². The van der Waals surface area contributed by atoms with Crippen LogP contribution in [-0.2, 0) is 22.4 Å². The molecule has 24 heavy (non-hydrogen) atoms. The number of carbonyl (C=O) groups is 1. The minimum atomic E-state index is -0.484. The highest BCUT2D eigenvalue weighted by molar-refractivity contribution is 7.99. The minimum absolute atomic E-state index is 0.104. The lowest BCUT2D eigenvalue weighted by atomic mass is 10.1. The van der Waals surface area contributed by atoms with Crippen molar-refractivity contribution in [3.05, 3.63) is 40.6 Å². The zero-order chi connectivity index (χ0) is 17.1. The van der Waals surface area contributed by atoms with E-state index in [9.17, 15) is 9.18 Å². The molecule has 1 aromatic carbocycles. The van der Waals surface area contributed by atoms with Gasteiger partial charge in [0.15, 0.2) is 0 Å². The number of carbonyl (C=O) groups excluding carboxylic acids is 1. The van der Waals surface area contributed by atoms with Crippen LogP contribution >= 0.6 is 23.4 Å². The SMILES string of the molecule is COC(=O)Cc1ccc(Nc2nc(Cl)nc3c2SCCC3)cc1F. The number of aromatic nitrogens is 2. The molecule has 0 amide bonds. The van der Waals surface area contributed by atoms with Crippen LogP contribution in [0.2, 0.25) is 5.28 Å². The van der Waals surface area contributed by atoms with E-state index in [4.69, 9.17) is 11.6 Å². The number of aryl methyl sites for hydroxylation is 1.